The molecule has 0 aromatic heterocycles. The second-order valence-electron chi connectivity index (χ2n) is 18.0. The molecule has 0 N–H and O–H groups in total. The van der Waals surface area contributed by atoms with E-state index in [2.05, 4.69) is 83.1 Å². The normalized spacial score (nSPS) is 17.6. The Morgan fingerprint density at radius 1 is 0.293 bits per heavy atom. The van der Waals surface area contributed by atoms with Crippen molar-refractivity contribution in [2.45, 2.75) is 237 Å². The zero-order chi connectivity index (χ0) is 44.2. The van der Waals surface area contributed by atoms with Crippen molar-refractivity contribution in [2.75, 3.05) is 37.0 Å². The Morgan fingerprint density at radius 3 is 0.500 bits per heavy atom. The van der Waals surface area contributed by atoms with E-state index in [1.807, 2.05) is 0 Å². The summed E-state index contributed by atoms with van der Waals surface area (Å²) < 4.78 is 37.0. The minimum absolute atomic E-state index is 0. The van der Waals surface area contributed by atoms with Gasteiger partial charge in [-0.25, -0.2) is 0 Å². The minimum Gasteiger partial charge on any atom is -0.799 e. The van der Waals surface area contributed by atoms with Crippen LogP contribution in [0.3, 0.4) is 0 Å². The molecule has 0 saturated carbocycles. The van der Waals surface area contributed by atoms with Crippen molar-refractivity contribution in [3.8, 4) is 0 Å². The second-order valence-corrected chi connectivity index (χ2v) is 25.1. The van der Waals surface area contributed by atoms with Gasteiger partial charge in [0.15, 0.2) is 0 Å². The topological polar surface area (TPSA) is 120 Å². The molecule has 0 radical (unpaired) electrons. The third kappa shape index (κ3) is 39.9. The van der Waals surface area contributed by atoms with Crippen molar-refractivity contribution in [2.24, 2.45) is 35.5 Å². The van der Waals surface area contributed by atoms with Crippen LogP contribution >= 0.6 is 22.1 Å². The van der Waals surface area contributed by atoms with E-state index in [-0.39, 0.29) is 16.8 Å². The Kier molecular flexibility index (Phi) is 47.6. The average Bonchev–Trinajstić information content (AvgIpc) is 3.18. The second kappa shape index (κ2) is 42.1. The van der Waals surface area contributed by atoms with Gasteiger partial charge in [0.25, 0.3) is 0 Å². The minimum atomic E-state index is -3.17. The molecule has 0 aliphatic carbocycles. The summed E-state index contributed by atoms with van der Waals surface area (Å²) in [7, 11) is -9.50. The Labute approximate surface area is 375 Å². The van der Waals surface area contributed by atoms with Crippen molar-refractivity contribution >= 4 is 22.1 Å². The molecule has 0 aromatic rings. The fraction of sp³-hybridized carbons (Fsp3) is 1.00. The van der Waals surface area contributed by atoms with Gasteiger partial charge in [0.05, 0.1) is 0 Å². The Hall–Kier alpha value is 1.08. The van der Waals surface area contributed by atoms with Gasteiger partial charge in [-0.05, 0) is 72.5 Å². The molecule has 58 heavy (non-hydrogen) atoms. The van der Waals surface area contributed by atoms with Crippen LogP contribution in [0.15, 0.2) is 0 Å². The van der Waals surface area contributed by atoms with E-state index in [0.717, 1.165) is 154 Å². The number of hydrogen-bond donors (Lipinski definition) is 0. The van der Waals surface area contributed by atoms with Crippen LogP contribution in [0.4, 0.5) is 0 Å². The third-order valence-electron chi connectivity index (χ3n) is 12.5. The summed E-state index contributed by atoms with van der Waals surface area (Å²) in [5.74, 6) is 2.29. The molecule has 0 aliphatic heterocycles. The van der Waals surface area contributed by atoms with Crippen LogP contribution in [0, 0.1) is 35.5 Å². The summed E-state index contributed by atoms with van der Waals surface area (Å²) in [4.78, 5) is 37.0. The van der Waals surface area contributed by atoms with Crippen LogP contribution in [0.25, 0.3) is 0 Å². The van der Waals surface area contributed by atoms with Gasteiger partial charge < -0.3 is 28.4 Å². The first-order chi connectivity index (χ1) is 27.0. The van der Waals surface area contributed by atoms with Crippen LogP contribution in [0.2, 0.25) is 0 Å². The molecule has 0 saturated heterocycles. The van der Waals surface area contributed by atoms with Crippen molar-refractivity contribution in [3.63, 3.8) is 0 Å². The number of rotatable bonds is 36. The molecular formula is C48H102CoO6P3. The molecule has 0 aromatic carbocycles. The van der Waals surface area contributed by atoms with Crippen molar-refractivity contribution in [1.82, 2.24) is 0 Å². The quantitative estimate of drug-likeness (QED) is 0.0577. The van der Waals surface area contributed by atoms with Crippen molar-refractivity contribution < 1.29 is 45.2 Å². The first kappa shape index (κ1) is 65.7. The molecular weight excluding hydrogens is 824 g/mol. The Balaban J connectivity index is -0.000000374. The zero-order valence-corrected chi connectivity index (χ0v) is 44.5. The Bertz CT molecular complexity index is 824. The van der Waals surface area contributed by atoms with E-state index in [1.165, 1.54) is 0 Å². The van der Waals surface area contributed by atoms with Crippen LogP contribution in [-0.2, 0) is 30.5 Å². The van der Waals surface area contributed by atoms with E-state index in [4.69, 9.17) is 0 Å². The molecule has 0 bridgehead atoms. The predicted molar refractivity (Wildman–Crippen MR) is 252 cm³/mol. The maximum Gasteiger partial charge on any atom is 3.00 e. The summed E-state index contributed by atoms with van der Waals surface area (Å²) in [5.41, 5.74) is 0. The van der Waals surface area contributed by atoms with Gasteiger partial charge in [-0.15, -0.1) is 0 Å². The summed E-state index contributed by atoms with van der Waals surface area (Å²) in [6.45, 7) is 25.7. The molecule has 6 unspecified atom stereocenters. The molecule has 6 nitrogen and oxygen atoms in total. The van der Waals surface area contributed by atoms with Gasteiger partial charge in [0.2, 0.25) is 0 Å². The SMILES string of the molecule is CCCCC(CC)CP(=O)([O-])CC(CC)CCCC.CCCCC(CC)CP(=O)([O-])CC(CC)CCCC.CCCCC(CC)CP(=O)([O-])CC(CC)CCCC.[Co+3]. The monoisotopic (exact) mass is 927 g/mol. The molecule has 0 spiro atoms. The molecule has 0 aliphatic rings. The summed E-state index contributed by atoms with van der Waals surface area (Å²) in [6, 6.07) is 0. The van der Waals surface area contributed by atoms with E-state index >= 15 is 0 Å². The van der Waals surface area contributed by atoms with Gasteiger partial charge in [-0.3, -0.25) is 0 Å². The fourth-order valence-electron chi connectivity index (χ4n) is 8.09. The number of unbranched alkanes of at least 4 members (excludes halogenated alkanes) is 6. The predicted octanol–water partition coefficient (Wildman–Crippen LogP) is 15.2. The molecule has 0 heterocycles. The summed E-state index contributed by atoms with van der Waals surface area (Å²) in [5, 5.41) is 0. The van der Waals surface area contributed by atoms with Crippen molar-refractivity contribution in [3.05, 3.63) is 0 Å². The van der Waals surface area contributed by atoms with Crippen LogP contribution in [0.1, 0.15) is 237 Å². The van der Waals surface area contributed by atoms with Gasteiger partial charge in [0.1, 0.15) is 0 Å². The number of hydrogen-bond acceptors (Lipinski definition) is 6. The van der Waals surface area contributed by atoms with Gasteiger partial charge in [-0.1, -0.05) is 237 Å². The van der Waals surface area contributed by atoms with Crippen LogP contribution in [0.5, 0.6) is 0 Å². The smallest absolute Gasteiger partial charge is 0.799 e. The Morgan fingerprint density at radius 2 is 0.414 bits per heavy atom. The van der Waals surface area contributed by atoms with Gasteiger partial charge >= 0.3 is 16.8 Å². The average molecular weight is 927 g/mol. The van der Waals surface area contributed by atoms with E-state index < -0.39 is 22.1 Å². The van der Waals surface area contributed by atoms with E-state index in [9.17, 15) is 28.4 Å². The molecule has 0 rings (SSSR count). The van der Waals surface area contributed by atoms with Crippen LogP contribution < -0.4 is 14.7 Å². The summed E-state index contributed by atoms with van der Waals surface area (Å²) >= 11 is 0. The maximum absolute atomic E-state index is 12.3. The molecule has 6 atom stereocenters. The molecule has 354 valence electrons. The third-order valence-corrected chi connectivity index (χ3v) is 18.9. The zero-order valence-electron chi connectivity index (χ0n) is 40.8. The van der Waals surface area contributed by atoms with Gasteiger partial charge in [-0.2, -0.15) is 0 Å². The molecule has 0 amide bonds. The standard InChI is InChI=1S/3C16H35O2P.Co/c3*1-5-9-11-15(7-3)13-19(17,18)14-16(8-4)12-10-6-2;/h3*15-16H,5-14H2,1-4H3,(H,17,18);/q;;;+3/p-3. The van der Waals surface area contributed by atoms with Gasteiger partial charge in [0, 0.05) is 22.1 Å². The maximum atomic E-state index is 12.3. The van der Waals surface area contributed by atoms with Crippen molar-refractivity contribution in [1.29, 1.82) is 0 Å². The summed E-state index contributed by atoms with van der Waals surface area (Å²) in [6.07, 6.45) is 29.0. The first-order valence-corrected chi connectivity index (χ1v) is 30.8. The fourth-order valence-corrected chi connectivity index (χ4v) is 15.9. The largest absolute Gasteiger partial charge is 3.00 e. The van der Waals surface area contributed by atoms with Crippen LogP contribution in [-0.4, -0.2) is 37.0 Å². The first-order valence-electron chi connectivity index (χ1n) is 24.8. The van der Waals surface area contributed by atoms with E-state index in [0.29, 0.717) is 72.5 Å². The molecule has 10 heteroatoms. The van der Waals surface area contributed by atoms with E-state index in [1.54, 1.807) is 0 Å². The molecule has 0 fully saturated rings.